The van der Waals surface area contributed by atoms with E-state index in [1.54, 1.807) is 11.3 Å². The summed E-state index contributed by atoms with van der Waals surface area (Å²) in [5.74, 6) is -0.442. The second kappa shape index (κ2) is 9.51. The second-order valence-corrected chi connectivity index (χ2v) is 11.0. The van der Waals surface area contributed by atoms with E-state index >= 15 is 0 Å². The van der Waals surface area contributed by atoms with Crippen molar-refractivity contribution < 1.29 is 14.3 Å². The lowest BCUT2D eigenvalue weighted by Crippen LogP contribution is -2.19. The van der Waals surface area contributed by atoms with Crippen molar-refractivity contribution >= 4 is 51.9 Å². The molecular weight excluding hydrogens is 478 g/mol. The number of aromatic nitrogens is 1. The number of aryl methyl sites for hydroxylation is 3. The lowest BCUT2D eigenvalue weighted by atomic mass is 9.95. The number of amidine groups is 1. The highest BCUT2D eigenvalue weighted by molar-refractivity contribution is 8.18. The number of thioether (sulfide) groups is 1. The first kappa shape index (κ1) is 23.6. The fraction of sp³-hybridized carbons (Fsp3) is 0.296. The molecule has 0 atom stereocenters. The van der Waals surface area contributed by atoms with E-state index in [1.165, 1.54) is 23.7 Å². The van der Waals surface area contributed by atoms with Gasteiger partial charge in [0.15, 0.2) is 5.17 Å². The van der Waals surface area contributed by atoms with Crippen molar-refractivity contribution in [3.63, 3.8) is 0 Å². The van der Waals surface area contributed by atoms with Crippen LogP contribution in [-0.4, -0.2) is 28.7 Å². The van der Waals surface area contributed by atoms with Gasteiger partial charge < -0.3 is 14.6 Å². The van der Waals surface area contributed by atoms with E-state index in [9.17, 15) is 9.59 Å². The molecule has 5 rings (SSSR count). The van der Waals surface area contributed by atoms with Crippen LogP contribution in [0.25, 0.3) is 11.1 Å². The zero-order valence-electron chi connectivity index (χ0n) is 20.2. The number of nitrogens with zero attached hydrogens (tertiary/aromatic N) is 2. The summed E-state index contributed by atoms with van der Waals surface area (Å²) in [6, 6.07) is 9.93. The monoisotopic (exact) mass is 505 g/mol. The molecule has 3 heterocycles. The molecule has 0 radical (unpaired) electrons. The van der Waals surface area contributed by atoms with Gasteiger partial charge in [-0.25, -0.2) is 9.79 Å². The fourth-order valence-electron chi connectivity index (χ4n) is 4.70. The molecular formula is C27H27N3O3S2. The molecule has 35 heavy (non-hydrogen) atoms. The van der Waals surface area contributed by atoms with Crippen molar-refractivity contribution in [2.45, 2.75) is 46.5 Å². The van der Waals surface area contributed by atoms with Crippen LogP contribution in [0.15, 0.2) is 40.2 Å². The number of thiophene rings is 1. The maximum atomic E-state index is 12.8. The smallest absolute Gasteiger partial charge is 0.341 e. The number of carbonyl (C=O) groups is 2. The van der Waals surface area contributed by atoms with Crippen molar-refractivity contribution in [3.8, 4) is 5.00 Å². The third-order valence-corrected chi connectivity index (χ3v) is 8.57. The topological polar surface area (TPSA) is 72.7 Å². The Morgan fingerprint density at radius 3 is 2.74 bits per heavy atom. The lowest BCUT2D eigenvalue weighted by Gasteiger charge is -2.12. The summed E-state index contributed by atoms with van der Waals surface area (Å²) in [5, 5.41) is 4.35. The quantitative estimate of drug-likeness (QED) is 0.348. The summed E-state index contributed by atoms with van der Waals surface area (Å²) in [6.45, 7) is 6.07. The third-order valence-electron chi connectivity index (χ3n) is 6.39. The van der Waals surface area contributed by atoms with E-state index in [2.05, 4.69) is 20.9 Å². The molecule has 1 amide bonds. The van der Waals surface area contributed by atoms with Crippen LogP contribution in [-0.2, 0) is 22.4 Å². The predicted molar refractivity (Wildman–Crippen MR) is 143 cm³/mol. The highest BCUT2D eigenvalue weighted by Crippen LogP contribution is 2.39. The van der Waals surface area contributed by atoms with Crippen LogP contribution >= 0.6 is 23.1 Å². The zero-order valence-corrected chi connectivity index (χ0v) is 21.9. The number of fused-ring (bicyclic) bond motifs is 1. The van der Waals surface area contributed by atoms with Gasteiger partial charge >= 0.3 is 5.97 Å². The predicted octanol–water partition coefficient (Wildman–Crippen LogP) is 6.02. The van der Waals surface area contributed by atoms with Crippen LogP contribution in [0.4, 0.5) is 5.69 Å². The lowest BCUT2D eigenvalue weighted by molar-refractivity contribution is -0.115. The Labute approximate surface area is 213 Å². The SMILES string of the molecule is COC(=O)c1c(-n2c(C)cc(/C=C3\SC(=Nc4cccc(C)c4)NC3=O)c2C)sc2c1CCCC2. The highest BCUT2D eigenvalue weighted by atomic mass is 32.2. The number of carbonyl (C=O) groups excluding carboxylic acids is 2. The number of aliphatic imine (C=N–C) groups is 1. The molecule has 0 unspecified atom stereocenters. The van der Waals surface area contributed by atoms with Crippen LogP contribution in [0.3, 0.4) is 0 Å². The van der Waals surface area contributed by atoms with Crippen molar-refractivity contribution in [3.05, 3.63) is 73.8 Å². The van der Waals surface area contributed by atoms with Gasteiger partial charge in [0.2, 0.25) is 0 Å². The zero-order chi connectivity index (χ0) is 24.7. The van der Waals surface area contributed by atoms with Gasteiger partial charge in [0, 0.05) is 16.3 Å². The van der Waals surface area contributed by atoms with Gasteiger partial charge in [-0.15, -0.1) is 11.3 Å². The molecule has 8 heteroatoms. The van der Waals surface area contributed by atoms with E-state index in [1.807, 2.05) is 51.1 Å². The van der Waals surface area contributed by atoms with Crippen molar-refractivity contribution in [1.82, 2.24) is 9.88 Å². The number of hydrogen-bond donors (Lipinski definition) is 1. The number of methoxy groups -OCH3 is 1. The Bertz CT molecular complexity index is 1410. The third kappa shape index (κ3) is 4.48. The molecule has 1 saturated heterocycles. The Balaban J connectivity index is 1.51. The van der Waals surface area contributed by atoms with E-state index in [4.69, 9.17) is 4.74 Å². The van der Waals surface area contributed by atoms with Crippen LogP contribution in [0.2, 0.25) is 0 Å². The standard InChI is InChI=1S/C27H27N3O3S2/c1-15-8-7-9-19(12-15)28-27-29-24(31)22(35-27)14-18-13-16(2)30(17(18)3)25-23(26(32)33-4)20-10-5-6-11-21(20)34-25/h7-9,12-14H,5-6,10-11H2,1-4H3,(H,28,29,31)/b22-14-. The molecule has 1 aliphatic carbocycles. The van der Waals surface area contributed by atoms with E-state index < -0.39 is 0 Å². The van der Waals surface area contributed by atoms with Crippen molar-refractivity contribution in [2.75, 3.05) is 7.11 Å². The molecule has 3 aromatic rings. The summed E-state index contributed by atoms with van der Waals surface area (Å²) in [7, 11) is 1.44. The molecule has 6 nitrogen and oxygen atoms in total. The number of benzene rings is 1. The molecule has 0 spiro atoms. The van der Waals surface area contributed by atoms with Crippen molar-refractivity contribution in [1.29, 1.82) is 0 Å². The normalized spacial score (nSPS) is 17.7. The van der Waals surface area contributed by atoms with Gasteiger partial charge in [0.25, 0.3) is 5.91 Å². The molecule has 0 bridgehead atoms. The van der Waals surface area contributed by atoms with Gasteiger partial charge in [0.05, 0.1) is 23.3 Å². The van der Waals surface area contributed by atoms with E-state index in [0.717, 1.165) is 64.4 Å². The van der Waals surface area contributed by atoms with Gasteiger partial charge in [-0.2, -0.15) is 0 Å². The van der Waals surface area contributed by atoms with Crippen LogP contribution < -0.4 is 5.32 Å². The molecule has 2 aliphatic rings. The first-order valence-electron chi connectivity index (χ1n) is 11.6. The summed E-state index contributed by atoms with van der Waals surface area (Å²) in [6.07, 6.45) is 6.05. The maximum absolute atomic E-state index is 12.8. The largest absolute Gasteiger partial charge is 0.465 e. The Hall–Kier alpha value is -3.10. The van der Waals surface area contributed by atoms with Gasteiger partial charge in [0.1, 0.15) is 5.00 Å². The molecule has 2 aromatic heterocycles. The molecule has 1 fully saturated rings. The highest BCUT2D eigenvalue weighted by Gasteiger charge is 2.29. The second-order valence-electron chi connectivity index (χ2n) is 8.87. The van der Waals surface area contributed by atoms with E-state index in [-0.39, 0.29) is 11.9 Å². The summed E-state index contributed by atoms with van der Waals surface area (Å²) >= 11 is 3.02. The summed E-state index contributed by atoms with van der Waals surface area (Å²) in [5.41, 5.74) is 6.69. The molecule has 1 N–H and O–H groups in total. The van der Waals surface area contributed by atoms with Gasteiger partial charge in [-0.05, 0) is 99.2 Å². The minimum absolute atomic E-state index is 0.159. The molecule has 1 aromatic carbocycles. The van der Waals surface area contributed by atoms with Gasteiger partial charge in [-0.1, -0.05) is 12.1 Å². The van der Waals surface area contributed by atoms with Crippen LogP contribution in [0.1, 0.15) is 56.2 Å². The Morgan fingerprint density at radius 2 is 1.97 bits per heavy atom. The van der Waals surface area contributed by atoms with Gasteiger partial charge in [-0.3, -0.25) is 4.79 Å². The summed E-state index contributed by atoms with van der Waals surface area (Å²) < 4.78 is 7.30. The van der Waals surface area contributed by atoms with Crippen LogP contribution in [0.5, 0.6) is 0 Å². The van der Waals surface area contributed by atoms with Crippen LogP contribution in [0, 0.1) is 20.8 Å². The minimum atomic E-state index is -0.283. The average Bonchev–Trinajstić information content (AvgIpc) is 3.46. The maximum Gasteiger partial charge on any atom is 0.341 e. The molecule has 180 valence electrons. The Morgan fingerprint density at radius 1 is 1.17 bits per heavy atom. The number of ether oxygens (including phenoxy) is 1. The minimum Gasteiger partial charge on any atom is -0.465 e. The number of amides is 1. The first-order valence-corrected chi connectivity index (χ1v) is 13.3. The number of nitrogens with one attached hydrogen (secondary N) is 1. The first-order chi connectivity index (χ1) is 16.9. The fourth-order valence-corrected chi connectivity index (χ4v) is 7.02. The number of hydrogen-bond acceptors (Lipinski definition) is 6. The summed E-state index contributed by atoms with van der Waals surface area (Å²) in [4.78, 5) is 31.9. The van der Waals surface area contributed by atoms with E-state index in [0.29, 0.717) is 15.6 Å². The molecule has 0 saturated carbocycles. The number of rotatable bonds is 4. The number of esters is 1. The molecule has 1 aliphatic heterocycles. The van der Waals surface area contributed by atoms with Crippen molar-refractivity contribution in [2.24, 2.45) is 4.99 Å². The average molecular weight is 506 g/mol. The Kier molecular flexibility index (Phi) is 6.42.